The Bertz CT molecular complexity index is 152. The summed E-state index contributed by atoms with van der Waals surface area (Å²) < 4.78 is 0. The van der Waals surface area contributed by atoms with E-state index in [0.29, 0.717) is 0 Å². The fraction of sp³-hybridized carbons (Fsp3) is 1.00. The van der Waals surface area contributed by atoms with Gasteiger partial charge in [0.15, 0.2) is 0 Å². The molecule has 2 atom stereocenters. The quantitative estimate of drug-likeness (QED) is 0.523. The van der Waals surface area contributed by atoms with Crippen LogP contribution in [0.3, 0.4) is 0 Å². The van der Waals surface area contributed by atoms with Crippen molar-refractivity contribution in [3.05, 3.63) is 0 Å². The van der Waals surface area contributed by atoms with Crippen LogP contribution < -0.4 is 10.2 Å². The van der Waals surface area contributed by atoms with Gasteiger partial charge in [-0.3, -0.25) is 0 Å². The molecule has 2 rings (SSSR count). The highest BCUT2D eigenvalue weighted by Crippen LogP contribution is 2.07. The summed E-state index contributed by atoms with van der Waals surface area (Å²) in [5.74, 6) is 0.981. The lowest BCUT2D eigenvalue weighted by molar-refractivity contribution is -0.940. The molecule has 0 spiro atoms. The van der Waals surface area contributed by atoms with E-state index in [2.05, 4.69) is 12.2 Å². The molecule has 0 aliphatic carbocycles. The zero-order chi connectivity index (χ0) is 9.10. The van der Waals surface area contributed by atoms with Gasteiger partial charge in [-0.25, -0.2) is 0 Å². The van der Waals surface area contributed by atoms with Gasteiger partial charge < -0.3 is 10.2 Å². The largest absolute Gasteiger partial charge is 0.346 e. The second-order valence-electron chi connectivity index (χ2n) is 5.00. The summed E-state index contributed by atoms with van der Waals surface area (Å²) in [5.41, 5.74) is 0. The first-order chi connectivity index (χ1) is 6.36. The minimum Gasteiger partial charge on any atom is -0.346 e. The number of rotatable bonds is 1. The molecule has 3 N–H and O–H groups in total. The second-order valence-corrected chi connectivity index (χ2v) is 5.00. The number of likely N-dealkylation sites (tertiary alicyclic amines) is 1. The number of quaternary nitrogens is 2. The van der Waals surface area contributed by atoms with E-state index in [1.54, 1.807) is 0 Å². The molecular formula is C11H24N2+2. The molecule has 0 amide bonds. The summed E-state index contributed by atoms with van der Waals surface area (Å²) in [5, 5.41) is 2.48. The summed E-state index contributed by atoms with van der Waals surface area (Å²) in [6, 6.07) is 1.01. The zero-order valence-electron chi connectivity index (χ0n) is 8.89. The van der Waals surface area contributed by atoms with Crippen LogP contribution in [0.4, 0.5) is 0 Å². The van der Waals surface area contributed by atoms with Crippen molar-refractivity contribution in [2.24, 2.45) is 5.92 Å². The summed E-state index contributed by atoms with van der Waals surface area (Å²) in [6.45, 7) is 8.08. The topological polar surface area (TPSA) is 21.1 Å². The van der Waals surface area contributed by atoms with Gasteiger partial charge in [-0.2, -0.15) is 0 Å². The van der Waals surface area contributed by atoms with E-state index in [1.807, 2.05) is 4.90 Å². The molecule has 1 unspecified atom stereocenters. The molecule has 0 aromatic rings. The van der Waals surface area contributed by atoms with E-state index in [1.165, 1.54) is 51.9 Å². The second kappa shape index (κ2) is 4.43. The van der Waals surface area contributed by atoms with E-state index >= 15 is 0 Å². The lowest BCUT2D eigenvalue weighted by Crippen LogP contribution is -3.18. The van der Waals surface area contributed by atoms with Crippen LogP contribution in [0.25, 0.3) is 0 Å². The van der Waals surface area contributed by atoms with Gasteiger partial charge in [0, 0.05) is 18.8 Å². The predicted octanol–water partition coefficient (Wildman–Crippen LogP) is -0.973. The average molecular weight is 184 g/mol. The number of nitrogens with two attached hydrogens (primary N) is 1. The smallest absolute Gasteiger partial charge is 0.0983 e. The third kappa shape index (κ3) is 2.44. The zero-order valence-corrected chi connectivity index (χ0v) is 8.89. The standard InChI is InChI=1S/C11H22N2/c1-10-3-2-8-13(9-10)11-4-6-12-7-5-11/h10-12H,2-9H2,1H3/p+2/t10-/m0/s1. The third-order valence-corrected chi connectivity index (χ3v) is 3.82. The minimum absolute atomic E-state index is 0.981. The van der Waals surface area contributed by atoms with Crippen molar-refractivity contribution in [2.45, 2.75) is 38.6 Å². The Morgan fingerprint density at radius 1 is 1.15 bits per heavy atom. The Morgan fingerprint density at radius 3 is 2.62 bits per heavy atom. The molecule has 2 heteroatoms. The van der Waals surface area contributed by atoms with Crippen molar-refractivity contribution in [3.63, 3.8) is 0 Å². The maximum atomic E-state index is 2.48. The van der Waals surface area contributed by atoms with Crippen LogP contribution in [0, 0.1) is 5.92 Å². The van der Waals surface area contributed by atoms with Crippen LogP contribution in [-0.4, -0.2) is 32.2 Å². The van der Waals surface area contributed by atoms with Gasteiger partial charge in [0.25, 0.3) is 0 Å². The first-order valence-corrected chi connectivity index (χ1v) is 6.02. The molecule has 76 valence electrons. The van der Waals surface area contributed by atoms with E-state index in [4.69, 9.17) is 0 Å². The molecule has 13 heavy (non-hydrogen) atoms. The molecule has 2 nitrogen and oxygen atoms in total. The molecular weight excluding hydrogens is 160 g/mol. The summed E-state index contributed by atoms with van der Waals surface area (Å²) in [6.07, 6.45) is 5.86. The van der Waals surface area contributed by atoms with Crippen LogP contribution in [0.5, 0.6) is 0 Å². The maximum Gasteiger partial charge on any atom is 0.0983 e. The van der Waals surface area contributed by atoms with Gasteiger partial charge in [-0.05, 0) is 12.8 Å². The van der Waals surface area contributed by atoms with Crippen molar-refractivity contribution < 1.29 is 10.2 Å². The molecule has 2 saturated heterocycles. The first-order valence-electron chi connectivity index (χ1n) is 6.02. The van der Waals surface area contributed by atoms with Gasteiger partial charge >= 0.3 is 0 Å². The Labute approximate surface area is 81.7 Å². The maximum absolute atomic E-state index is 2.48. The number of nitrogens with one attached hydrogen (secondary N) is 1. The molecule has 0 aromatic carbocycles. The number of piperidine rings is 2. The highest BCUT2D eigenvalue weighted by molar-refractivity contribution is 4.63. The molecule has 2 aliphatic rings. The van der Waals surface area contributed by atoms with Crippen LogP contribution in [0.2, 0.25) is 0 Å². The van der Waals surface area contributed by atoms with Crippen LogP contribution in [0.15, 0.2) is 0 Å². The Morgan fingerprint density at radius 2 is 1.92 bits per heavy atom. The Kier molecular flexibility index (Phi) is 3.23. The van der Waals surface area contributed by atoms with Gasteiger partial charge in [0.05, 0.1) is 32.2 Å². The van der Waals surface area contributed by atoms with E-state index in [-0.39, 0.29) is 0 Å². The molecule has 0 radical (unpaired) electrons. The van der Waals surface area contributed by atoms with Gasteiger partial charge in [-0.1, -0.05) is 6.92 Å². The van der Waals surface area contributed by atoms with Gasteiger partial charge in [0.2, 0.25) is 0 Å². The summed E-state index contributed by atoms with van der Waals surface area (Å²) in [7, 11) is 0. The highest BCUT2D eigenvalue weighted by atomic mass is 15.2. The molecule has 0 saturated carbocycles. The van der Waals surface area contributed by atoms with Gasteiger partial charge in [-0.15, -0.1) is 0 Å². The fourth-order valence-corrected chi connectivity index (χ4v) is 3.04. The first kappa shape index (κ1) is 9.47. The van der Waals surface area contributed by atoms with Crippen molar-refractivity contribution in [1.82, 2.24) is 0 Å². The monoisotopic (exact) mass is 184 g/mol. The highest BCUT2D eigenvalue weighted by Gasteiger charge is 2.29. The van der Waals surface area contributed by atoms with Crippen molar-refractivity contribution in [3.8, 4) is 0 Å². The fourth-order valence-electron chi connectivity index (χ4n) is 3.04. The van der Waals surface area contributed by atoms with Crippen molar-refractivity contribution in [1.29, 1.82) is 0 Å². The molecule has 0 bridgehead atoms. The minimum atomic E-state index is 0.981. The Hall–Kier alpha value is -0.0800. The van der Waals surface area contributed by atoms with Crippen molar-refractivity contribution in [2.75, 3.05) is 26.2 Å². The SMILES string of the molecule is C[C@H]1CCC[NH+](C2CC[NH2+]CC2)C1. The number of hydrogen-bond acceptors (Lipinski definition) is 0. The van der Waals surface area contributed by atoms with Gasteiger partial charge in [0.1, 0.15) is 0 Å². The number of hydrogen-bond donors (Lipinski definition) is 2. The molecule has 2 fully saturated rings. The summed E-state index contributed by atoms with van der Waals surface area (Å²) in [4.78, 5) is 1.92. The Balaban J connectivity index is 1.83. The van der Waals surface area contributed by atoms with E-state index < -0.39 is 0 Å². The predicted molar refractivity (Wildman–Crippen MR) is 53.8 cm³/mol. The van der Waals surface area contributed by atoms with Crippen LogP contribution in [0.1, 0.15) is 32.6 Å². The normalized spacial score (nSPS) is 37.6. The lowest BCUT2D eigenvalue weighted by atomic mass is 9.96. The molecule has 2 aliphatic heterocycles. The lowest BCUT2D eigenvalue weighted by Gasteiger charge is -2.35. The summed E-state index contributed by atoms with van der Waals surface area (Å²) >= 11 is 0. The van der Waals surface area contributed by atoms with E-state index in [0.717, 1.165) is 12.0 Å². The van der Waals surface area contributed by atoms with Crippen molar-refractivity contribution >= 4 is 0 Å². The van der Waals surface area contributed by atoms with Crippen LogP contribution in [-0.2, 0) is 0 Å². The molecule has 0 aromatic heterocycles. The third-order valence-electron chi connectivity index (χ3n) is 3.82. The van der Waals surface area contributed by atoms with E-state index in [9.17, 15) is 0 Å². The van der Waals surface area contributed by atoms with Crippen LogP contribution >= 0.6 is 0 Å². The molecule has 2 heterocycles. The average Bonchev–Trinajstić information content (AvgIpc) is 2.19.